The topological polar surface area (TPSA) is 38.8 Å². The predicted octanol–water partition coefficient (Wildman–Crippen LogP) is 5.05. The molecule has 0 fully saturated rings. The smallest absolute Gasteiger partial charge is 0.139 e. The number of nitrogens with zero attached hydrogens (tertiary/aromatic N) is 1. The lowest BCUT2D eigenvalue weighted by Crippen LogP contribution is -2.14. The SMILES string of the molecule is COc1ccc(C2=C(S(=O)c3ccccc3N(C)C)[C@H](c3ccccc3)CO2)cc1. The summed E-state index contributed by atoms with van der Waals surface area (Å²) >= 11 is 0. The van der Waals surface area contributed by atoms with Gasteiger partial charge in [0.2, 0.25) is 0 Å². The molecule has 5 heteroatoms. The normalized spacial score (nSPS) is 16.8. The number of anilines is 1. The average molecular weight is 420 g/mol. The molecule has 0 amide bonds. The highest BCUT2D eigenvalue weighted by Crippen LogP contribution is 2.43. The first-order valence-corrected chi connectivity index (χ1v) is 11.0. The van der Waals surface area contributed by atoms with Crippen molar-refractivity contribution < 1.29 is 13.7 Å². The van der Waals surface area contributed by atoms with Gasteiger partial charge in [-0.25, -0.2) is 4.21 Å². The number of methoxy groups -OCH3 is 1. The van der Waals surface area contributed by atoms with Crippen LogP contribution in [0.2, 0.25) is 0 Å². The molecule has 0 aromatic heterocycles. The van der Waals surface area contributed by atoms with Gasteiger partial charge in [0, 0.05) is 19.7 Å². The Hall–Kier alpha value is -3.05. The van der Waals surface area contributed by atoms with E-state index >= 15 is 0 Å². The molecule has 2 atom stereocenters. The van der Waals surface area contributed by atoms with Gasteiger partial charge >= 0.3 is 0 Å². The van der Waals surface area contributed by atoms with Gasteiger partial charge in [0.25, 0.3) is 0 Å². The fourth-order valence-electron chi connectivity index (χ4n) is 3.69. The summed E-state index contributed by atoms with van der Waals surface area (Å²) in [7, 11) is 4.20. The lowest BCUT2D eigenvalue weighted by molar-refractivity contribution is 0.293. The van der Waals surface area contributed by atoms with Crippen LogP contribution in [0.4, 0.5) is 5.69 Å². The van der Waals surface area contributed by atoms with Crippen LogP contribution in [-0.2, 0) is 15.5 Å². The molecule has 0 N–H and O–H groups in total. The van der Waals surface area contributed by atoms with Gasteiger partial charge in [-0.15, -0.1) is 0 Å². The van der Waals surface area contributed by atoms with Gasteiger partial charge in [-0.05, 0) is 42.0 Å². The van der Waals surface area contributed by atoms with Crippen LogP contribution >= 0.6 is 0 Å². The number of hydrogen-bond acceptors (Lipinski definition) is 4. The second-order valence-corrected chi connectivity index (χ2v) is 8.74. The van der Waals surface area contributed by atoms with Crippen molar-refractivity contribution in [1.29, 1.82) is 0 Å². The molecule has 0 radical (unpaired) electrons. The third kappa shape index (κ3) is 3.85. The molecule has 154 valence electrons. The summed E-state index contributed by atoms with van der Waals surface area (Å²) in [5.74, 6) is 1.40. The maximum absolute atomic E-state index is 14.0. The van der Waals surface area contributed by atoms with E-state index in [1.165, 1.54) is 0 Å². The van der Waals surface area contributed by atoms with Gasteiger partial charge in [0.05, 0.1) is 45.9 Å². The Bertz CT molecular complexity index is 1080. The van der Waals surface area contributed by atoms with Crippen LogP contribution in [0.1, 0.15) is 17.0 Å². The molecule has 0 saturated carbocycles. The van der Waals surface area contributed by atoms with Crippen LogP contribution in [0.25, 0.3) is 5.76 Å². The minimum absolute atomic E-state index is 0.0700. The fourth-order valence-corrected chi connectivity index (χ4v) is 5.38. The zero-order chi connectivity index (χ0) is 21.1. The molecule has 3 aromatic carbocycles. The average Bonchev–Trinajstić information content (AvgIpc) is 3.24. The highest BCUT2D eigenvalue weighted by Gasteiger charge is 2.35. The first-order chi connectivity index (χ1) is 14.6. The highest BCUT2D eigenvalue weighted by atomic mass is 32.2. The van der Waals surface area contributed by atoms with Gasteiger partial charge in [-0.2, -0.15) is 0 Å². The first-order valence-electron chi connectivity index (χ1n) is 9.84. The molecule has 4 nitrogen and oxygen atoms in total. The molecule has 1 unspecified atom stereocenters. The molecule has 1 aliphatic heterocycles. The molecule has 30 heavy (non-hydrogen) atoms. The molecular formula is C25H25NO3S. The Kier molecular flexibility index (Phi) is 5.91. The minimum Gasteiger partial charge on any atom is -0.497 e. The Morgan fingerprint density at radius 3 is 2.27 bits per heavy atom. The van der Waals surface area contributed by atoms with E-state index < -0.39 is 10.8 Å². The van der Waals surface area contributed by atoms with Crippen molar-refractivity contribution in [2.45, 2.75) is 10.8 Å². The summed E-state index contributed by atoms with van der Waals surface area (Å²) in [4.78, 5) is 3.59. The van der Waals surface area contributed by atoms with E-state index in [2.05, 4.69) is 12.1 Å². The van der Waals surface area contributed by atoms with Crippen molar-refractivity contribution in [1.82, 2.24) is 0 Å². The zero-order valence-electron chi connectivity index (χ0n) is 17.4. The zero-order valence-corrected chi connectivity index (χ0v) is 18.2. The lowest BCUT2D eigenvalue weighted by atomic mass is 9.99. The van der Waals surface area contributed by atoms with Crippen LogP contribution in [0, 0.1) is 0 Å². The van der Waals surface area contributed by atoms with Crippen molar-refractivity contribution in [2.24, 2.45) is 0 Å². The fraction of sp³-hybridized carbons (Fsp3) is 0.200. The van der Waals surface area contributed by atoms with Gasteiger partial charge in [-0.3, -0.25) is 0 Å². The Morgan fingerprint density at radius 1 is 0.933 bits per heavy atom. The molecule has 4 rings (SSSR count). The number of hydrogen-bond donors (Lipinski definition) is 0. The summed E-state index contributed by atoms with van der Waals surface area (Å²) < 4.78 is 25.4. The van der Waals surface area contributed by atoms with Crippen LogP contribution in [0.3, 0.4) is 0 Å². The molecule has 1 heterocycles. The number of benzene rings is 3. The molecule has 0 saturated heterocycles. The van der Waals surface area contributed by atoms with Gasteiger partial charge < -0.3 is 14.4 Å². The Balaban J connectivity index is 1.86. The van der Waals surface area contributed by atoms with Crippen molar-refractivity contribution in [2.75, 3.05) is 32.7 Å². The van der Waals surface area contributed by atoms with E-state index in [9.17, 15) is 4.21 Å². The molecule has 1 aliphatic rings. The van der Waals surface area contributed by atoms with E-state index in [-0.39, 0.29) is 5.92 Å². The van der Waals surface area contributed by atoms with Crippen molar-refractivity contribution >= 4 is 22.2 Å². The van der Waals surface area contributed by atoms with E-state index in [0.29, 0.717) is 12.4 Å². The van der Waals surface area contributed by atoms with Crippen LogP contribution in [-0.4, -0.2) is 32.0 Å². The van der Waals surface area contributed by atoms with Gasteiger partial charge in [-0.1, -0.05) is 42.5 Å². The van der Waals surface area contributed by atoms with Crippen LogP contribution in [0.15, 0.2) is 88.7 Å². The number of ether oxygens (including phenoxy) is 2. The molecular weight excluding hydrogens is 394 g/mol. The third-order valence-corrected chi connectivity index (χ3v) is 6.85. The second kappa shape index (κ2) is 8.76. The van der Waals surface area contributed by atoms with Gasteiger partial charge in [0.1, 0.15) is 11.5 Å². The summed E-state index contributed by atoms with van der Waals surface area (Å²) in [6.07, 6.45) is 0. The summed E-state index contributed by atoms with van der Waals surface area (Å²) in [6.45, 7) is 0.469. The van der Waals surface area contributed by atoms with Crippen molar-refractivity contribution in [3.8, 4) is 5.75 Å². The lowest BCUT2D eigenvalue weighted by Gasteiger charge is -2.19. The predicted molar refractivity (Wildman–Crippen MR) is 122 cm³/mol. The van der Waals surface area contributed by atoms with Crippen LogP contribution in [0.5, 0.6) is 5.75 Å². The maximum atomic E-state index is 14.0. The molecule has 0 spiro atoms. The van der Waals surface area contributed by atoms with Crippen molar-refractivity contribution in [3.05, 3.63) is 94.9 Å². The molecule has 0 aliphatic carbocycles. The van der Waals surface area contributed by atoms with E-state index in [1.54, 1.807) is 7.11 Å². The number of para-hydroxylation sites is 1. The first kappa shape index (κ1) is 20.2. The highest BCUT2D eigenvalue weighted by molar-refractivity contribution is 7.89. The minimum atomic E-state index is -1.38. The second-order valence-electron chi connectivity index (χ2n) is 7.33. The van der Waals surface area contributed by atoms with E-state index in [0.717, 1.165) is 32.4 Å². The third-order valence-electron chi connectivity index (χ3n) is 5.24. The number of rotatable bonds is 6. The summed E-state index contributed by atoms with van der Waals surface area (Å²) in [6, 6.07) is 25.7. The van der Waals surface area contributed by atoms with Crippen LogP contribution < -0.4 is 9.64 Å². The van der Waals surface area contributed by atoms with E-state index in [1.807, 2.05) is 85.7 Å². The van der Waals surface area contributed by atoms with E-state index in [4.69, 9.17) is 9.47 Å². The standard InChI is InChI=1S/C25H25NO3S/c1-26(2)22-11-7-8-12-23(22)30(27)25-21(18-9-5-4-6-10-18)17-29-24(25)19-13-15-20(28-3)16-14-19/h4-16,21H,17H2,1-3H3/t21-,30?/m0/s1. The monoisotopic (exact) mass is 419 g/mol. The Labute approximate surface area is 180 Å². The summed E-state index contributed by atoms with van der Waals surface area (Å²) in [5, 5.41) is 0. The molecule has 0 bridgehead atoms. The quantitative estimate of drug-likeness (QED) is 0.560. The largest absolute Gasteiger partial charge is 0.497 e. The maximum Gasteiger partial charge on any atom is 0.139 e. The Morgan fingerprint density at radius 2 is 1.60 bits per heavy atom. The van der Waals surface area contributed by atoms with Crippen molar-refractivity contribution in [3.63, 3.8) is 0 Å². The summed E-state index contributed by atoms with van der Waals surface area (Å²) in [5.41, 5.74) is 2.95. The molecule has 3 aromatic rings. The van der Waals surface area contributed by atoms with Gasteiger partial charge in [0.15, 0.2) is 0 Å².